The van der Waals surface area contributed by atoms with Crippen LogP contribution < -0.4 is 9.47 Å². The molecule has 1 N–H and O–H groups in total. The van der Waals surface area contributed by atoms with E-state index >= 15 is 0 Å². The number of benzene rings is 2. The fourth-order valence-corrected chi connectivity index (χ4v) is 3.15. The summed E-state index contributed by atoms with van der Waals surface area (Å²) in [6.07, 6.45) is 3.44. The Bertz CT molecular complexity index is 1200. The topological polar surface area (TPSA) is 83.5 Å². The Labute approximate surface area is 174 Å². The molecular weight excluding hydrogens is 378 g/mol. The van der Waals surface area contributed by atoms with Crippen molar-refractivity contribution >= 4 is 12.1 Å². The third-order valence-electron chi connectivity index (χ3n) is 4.68. The van der Waals surface area contributed by atoms with Gasteiger partial charge in [-0.05, 0) is 54.1 Å². The van der Waals surface area contributed by atoms with Crippen LogP contribution in [-0.4, -0.2) is 25.4 Å². The second-order valence-electron chi connectivity index (χ2n) is 6.44. The molecule has 30 heavy (non-hydrogen) atoms. The van der Waals surface area contributed by atoms with Crippen molar-refractivity contribution < 1.29 is 13.9 Å². The van der Waals surface area contributed by atoms with Crippen LogP contribution in [0.2, 0.25) is 0 Å². The van der Waals surface area contributed by atoms with Gasteiger partial charge in [-0.15, -0.1) is 0 Å². The molecule has 0 aliphatic carbocycles. The number of nitriles is 1. The molecule has 0 amide bonds. The van der Waals surface area contributed by atoms with Gasteiger partial charge in [0.1, 0.15) is 28.9 Å². The molecule has 148 valence electrons. The molecule has 4 aromatic rings. The van der Waals surface area contributed by atoms with Crippen LogP contribution in [0.3, 0.4) is 0 Å². The number of ether oxygens (including phenoxy) is 2. The van der Waals surface area contributed by atoms with Crippen molar-refractivity contribution in [2.24, 2.45) is 4.99 Å². The number of aromatic amines is 1. The highest BCUT2D eigenvalue weighted by Crippen LogP contribution is 2.43. The van der Waals surface area contributed by atoms with Gasteiger partial charge in [0.2, 0.25) is 5.88 Å². The first kappa shape index (κ1) is 19.1. The number of hydrogen-bond donors (Lipinski definition) is 1. The first-order chi connectivity index (χ1) is 14.7. The predicted molar refractivity (Wildman–Crippen MR) is 115 cm³/mol. The van der Waals surface area contributed by atoms with Crippen molar-refractivity contribution in [3.05, 3.63) is 78.1 Å². The third-order valence-corrected chi connectivity index (χ3v) is 4.68. The van der Waals surface area contributed by atoms with Crippen LogP contribution in [0.4, 0.5) is 5.88 Å². The maximum Gasteiger partial charge on any atom is 0.238 e. The Morgan fingerprint density at radius 2 is 1.57 bits per heavy atom. The molecule has 0 unspecified atom stereocenters. The van der Waals surface area contributed by atoms with Crippen molar-refractivity contribution in [1.29, 1.82) is 5.26 Å². The van der Waals surface area contributed by atoms with Gasteiger partial charge in [0.25, 0.3) is 0 Å². The van der Waals surface area contributed by atoms with E-state index in [4.69, 9.17) is 13.9 Å². The van der Waals surface area contributed by atoms with E-state index in [9.17, 15) is 5.26 Å². The quantitative estimate of drug-likeness (QED) is 0.430. The Balaban J connectivity index is 1.88. The molecule has 6 nitrogen and oxygen atoms in total. The Morgan fingerprint density at radius 1 is 0.933 bits per heavy atom. The molecule has 0 spiro atoms. The average molecular weight is 397 g/mol. The first-order valence-electron chi connectivity index (χ1n) is 9.26. The number of nitrogens with one attached hydrogen (secondary N) is 1. The minimum absolute atomic E-state index is 0.253. The Hall–Kier alpha value is -4.24. The SMILES string of the molecule is COc1ccc(-c2oc(N=Cc3ccc[nH]3)c(C#N)c2-c2ccc(OC)cc2)cc1. The standard InChI is InChI=1S/C24H19N3O3/c1-28-19-9-5-16(6-10-19)22-21(14-25)24(27-15-18-4-3-13-26-18)30-23(22)17-7-11-20(29-2)12-8-17/h3-13,15,26H,1-2H3. The largest absolute Gasteiger partial charge is 0.497 e. The van der Waals surface area contributed by atoms with E-state index < -0.39 is 0 Å². The van der Waals surface area contributed by atoms with E-state index in [0.29, 0.717) is 16.9 Å². The lowest BCUT2D eigenvalue weighted by molar-refractivity contribution is 0.414. The van der Waals surface area contributed by atoms with Crippen molar-refractivity contribution in [3.8, 4) is 40.0 Å². The number of nitrogens with zero attached hydrogens (tertiary/aromatic N) is 2. The van der Waals surface area contributed by atoms with E-state index in [1.165, 1.54) is 0 Å². The Kier molecular flexibility index (Phi) is 5.35. The summed E-state index contributed by atoms with van der Waals surface area (Å²) in [6.45, 7) is 0. The summed E-state index contributed by atoms with van der Waals surface area (Å²) < 4.78 is 16.6. The lowest BCUT2D eigenvalue weighted by Gasteiger charge is -2.06. The van der Waals surface area contributed by atoms with Crippen LogP contribution in [-0.2, 0) is 0 Å². The van der Waals surface area contributed by atoms with Gasteiger partial charge in [0, 0.05) is 17.3 Å². The smallest absolute Gasteiger partial charge is 0.238 e. The summed E-state index contributed by atoms with van der Waals surface area (Å²) in [5.74, 6) is 2.29. The zero-order valence-electron chi connectivity index (χ0n) is 16.5. The molecule has 2 aromatic heterocycles. The fourth-order valence-electron chi connectivity index (χ4n) is 3.15. The van der Waals surface area contributed by atoms with Gasteiger partial charge in [-0.3, -0.25) is 0 Å². The molecule has 0 atom stereocenters. The van der Waals surface area contributed by atoms with E-state index in [0.717, 1.165) is 28.3 Å². The Morgan fingerprint density at radius 3 is 2.10 bits per heavy atom. The van der Waals surface area contributed by atoms with Crippen LogP contribution in [0, 0.1) is 11.3 Å². The summed E-state index contributed by atoms with van der Waals surface area (Å²) in [5.41, 5.74) is 3.52. The number of furan rings is 1. The molecule has 0 radical (unpaired) electrons. The summed E-state index contributed by atoms with van der Waals surface area (Å²) in [4.78, 5) is 7.48. The van der Waals surface area contributed by atoms with Gasteiger partial charge in [0.05, 0.1) is 26.1 Å². The van der Waals surface area contributed by atoms with Crippen LogP contribution in [0.25, 0.3) is 22.5 Å². The number of hydrogen-bond acceptors (Lipinski definition) is 5. The molecule has 0 aliphatic rings. The van der Waals surface area contributed by atoms with Crippen LogP contribution in [0.1, 0.15) is 11.3 Å². The zero-order valence-corrected chi connectivity index (χ0v) is 16.5. The molecule has 0 aliphatic heterocycles. The van der Waals surface area contributed by atoms with Crippen molar-refractivity contribution in [3.63, 3.8) is 0 Å². The molecule has 0 saturated heterocycles. The van der Waals surface area contributed by atoms with E-state index in [2.05, 4.69) is 16.0 Å². The van der Waals surface area contributed by atoms with Crippen molar-refractivity contribution in [2.75, 3.05) is 14.2 Å². The van der Waals surface area contributed by atoms with Crippen LogP contribution in [0.5, 0.6) is 11.5 Å². The molecule has 0 fully saturated rings. The van der Waals surface area contributed by atoms with Gasteiger partial charge in [-0.1, -0.05) is 12.1 Å². The normalized spacial score (nSPS) is 10.8. The number of H-pyrrole nitrogens is 1. The van der Waals surface area contributed by atoms with Crippen LogP contribution >= 0.6 is 0 Å². The zero-order chi connectivity index (χ0) is 20.9. The maximum absolute atomic E-state index is 9.92. The van der Waals surface area contributed by atoms with Gasteiger partial charge in [0.15, 0.2) is 0 Å². The molecular formula is C24H19N3O3. The number of aliphatic imine (C=N–C) groups is 1. The average Bonchev–Trinajstić information content (AvgIpc) is 3.45. The molecule has 2 aromatic carbocycles. The summed E-state index contributed by atoms with van der Waals surface area (Å²) in [7, 11) is 3.23. The highest BCUT2D eigenvalue weighted by Gasteiger charge is 2.23. The van der Waals surface area contributed by atoms with Crippen molar-refractivity contribution in [2.45, 2.75) is 0 Å². The first-order valence-corrected chi connectivity index (χ1v) is 9.26. The minimum atomic E-state index is 0.253. The van der Waals surface area contributed by atoms with E-state index in [1.54, 1.807) is 26.6 Å². The van der Waals surface area contributed by atoms with Crippen LogP contribution in [0.15, 0.2) is 76.3 Å². The lowest BCUT2D eigenvalue weighted by atomic mass is 9.98. The highest BCUT2D eigenvalue weighted by atomic mass is 16.5. The van der Waals surface area contributed by atoms with Gasteiger partial charge in [-0.25, -0.2) is 4.99 Å². The molecule has 2 heterocycles. The highest BCUT2D eigenvalue weighted by molar-refractivity contribution is 5.89. The molecule has 4 rings (SSSR count). The van der Waals surface area contributed by atoms with E-state index in [-0.39, 0.29) is 5.88 Å². The monoisotopic (exact) mass is 397 g/mol. The lowest BCUT2D eigenvalue weighted by Crippen LogP contribution is -1.87. The van der Waals surface area contributed by atoms with Crippen molar-refractivity contribution in [1.82, 2.24) is 4.98 Å². The second kappa shape index (κ2) is 8.41. The number of rotatable bonds is 6. The molecule has 0 bridgehead atoms. The summed E-state index contributed by atoms with van der Waals surface area (Å²) in [6, 6.07) is 21.0. The number of aromatic nitrogens is 1. The maximum atomic E-state index is 9.92. The molecule has 6 heteroatoms. The van der Waals surface area contributed by atoms with E-state index in [1.807, 2.05) is 60.7 Å². The fraction of sp³-hybridized carbons (Fsp3) is 0.0833. The summed E-state index contributed by atoms with van der Waals surface area (Å²) >= 11 is 0. The summed E-state index contributed by atoms with van der Waals surface area (Å²) in [5, 5.41) is 9.92. The third kappa shape index (κ3) is 3.69. The van der Waals surface area contributed by atoms with Gasteiger partial charge >= 0.3 is 0 Å². The van der Waals surface area contributed by atoms with Gasteiger partial charge in [-0.2, -0.15) is 5.26 Å². The van der Waals surface area contributed by atoms with Gasteiger partial charge < -0.3 is 18.9 Å². The molecule has 0 saturated carbocycles. The minimum Gasteiger partial charge on any atom is -0.497 e. The predicted octanol–water partition coefficient (Wildman–Crippen LogP) is 5.58. The number of methoxy groups -OCH3 is 2. The second-order valence-corrected chi connectivity index (χ2v) is 6.44.